The van der Waals surface area contributed by atoms with Gasteiger partial charge < -0.3 is 4.42 Å². The number of hydrogen-bond acceptors (Lipinski definition) is 2. The minimum atomic E-state index is -0.121. The molecule has 0 radical (unpaired) electrons. The van der Waals surface area contributed by atoms with Crippen LogP contribution in [0.1, 0.15) is 16.1 Å². The Bertz CT molecular complexity index is 775. The van der Waals surface area contributed by atoms with E-state index in [2.05, 4.69) is 31.9 Å². The number of fused-ring (bicyclic) bond motifs is 1. The minimum Gasteiger partial charge on any atom is -0.451 e. The van der Waals surface area contributed by atoms with Gasteiger partial charge in [-0.1, -0.05) is 40.2 Å². The monoisotopic (exact) mass is 378 g/mol. The van der Waals surface area contributed by atoms with E-state index in [0.29, 0.717) is 16.9 Å². The Hall–Kier alpha value is -1.39. The van der Waals surface area contributed by atoms with Gasteiger partial charge in [-0.15, -0.1) is 0 Å². The molecular formula is C15H8Br2O2. The lowest BCUT2D eigenvalue weighted by atomic mass is 10.1. The Kier molecular flexibility index (Phi) is 3.29. The molecule has 0 saturated carbocycles. The molecule has 0 N–H and O–H groups in total. The molecule has 3 rings (SSSR count). The first-order valence-electron chi connectivity index (χ1n) is 5.63. The SMILES string of the molecule is O=C(c1cccc(Br)c1)c1cc2cccc(Br)c2o1. The zero-order valence-corrected chi connectivity index (χ0v) is 12.9. The molecular weight excluding hydrogens is 372 g/mol. The first-order chi connectivity index (χ1) is 9.15. The van der Waals surface area contributed by atoms with Crippen LogP contribution < -0.4 is 0 Å². The van der Waals surface area contributed by atoms with Gasteiger partial charge in [0.2, 0.25) is 5.78 Å². The maximum Gasteiger partial charge on any atom is 0.228 e. The summed E-state index contributed by atoms with van der Waals surface area (Å²) in [6.07, 6.45) is 0. The summed E-state index contributed by atoms with van der Waals surface area (Å²) < 4.78 is 7.36. The fourth-order valence-electron chi connectivity index (χ4n) is 1.91. The average Bonchev–Trinajstić information content (AvgIpc) is 2.83. The molecule has 2 nitrogen and oxygen atoms in total. The molecule has 0 atom stereocenters. The number of ketones is 1. The topological polar surface area (TPSA) is 30.2 Å². The quantitative estimate of drug-likeness (QED) is 0.573. The molecule has 0 saturated heterocycles. The zero-order chi connectivity index (χ0) is 13.4. The highest BCUT2D eigenvalue weighted by Gasteiger charge is 2.15. The van der Waals surface area contributed by atoms with Crippen LogP contribution in [0.25, 0.3) is 11.0 Å². The molecule has 0 bridgehead atoms. The number of rotatable bonds is 2. The average molecular weight is 380 g/mol. The van der Waals surface area contributed by atoms with Gasteiger partial charge in [0.25, 0.3) is 0 Å². The Balaban J connectivity index is 2.09. The van der Waals surface area contributed by atoms with Crippen LogP contribution in [0.2, 0.25) is 0 Å². The van der Waals surface area contributed by atoms with E-state index in [9.17, 15) is 4.79 Å². The molecule has 0 aliphatic rings. The minimum absolute atomic E-state index is 0.121. The van der Waals surface area contributed by atoms with Gasteiger partial charge in [0.15, 0.2) is 5.76 Å². The fraction of sp³-hybridized carbons (Fsp3) is 0. The van der Waals surface area contributed by atoms with Gasteiger partial charge in [-0.05, 0) is 40.2 Å². The van der Waals surface area contributed by atoms with E-state index in [1.54, 1.807) is 18.2 Å². The van der Waals surface area contributed by atoms with Crippen molar-refractivity contribution >= 4 is 48.6 Å². The van der Waals surface area contributed by atoms with E-state index in [0.717, 1.165) is 14.3 Å². The summed E-state index contributed by atoms with van der Waals surface area (Å²) in [5, 5.41) is 0.910. The fourth-order valence-corrected chi connectivity index (χ4v) is 2.77. The van der Waals surface area contributed by atoms with Gasteiger partial charge in [-0.25, -0.2) is 0 Å². The van der Waals surface area contributed by atoms with Crippen molar-refractivity contribution in [3.8, 4) is 0 Å². The summed E-state index contributed by atoms with van der Waals surface area (Å²) in [6.45, 7) is 0. The third kappa shape index (κ3) is 2.38. The summed E-state index contributed by atoms with van der Waals surface area (Å²) in [4.78, 5) is 12.3. The van der Waals surface area contributed by atoms with Gasteiger partial charge in [-0.3, -0.25) is 4.79 Å². The second kappa shape index (κ2) is 4.94. The van der Waals surface area contributed by atoms with Crippen LogP contribution in [0.15, 0.2) is 61.9 Å². The van der Waals surface area contributed by atoms with Crippen molar-refractivity contribution in [1.29, 1.82) is 0 Å². The Morgan fingerprint density at radius 1 is 1.00 bits per heavy atom. The van der Waals surface area contributed by atoms with Crippen molar-refractivity contribution in [2.45, 2.75) is 0 Å². The molecule has 2 aromatic carbocycles. The van der Waals surface area contributed by atoms with Crippen LogP contribution in [0.5, 0.6) is 0 Å². The van der Waals surface area contributed by atoms with Crippen LogP contribution >= 0.6 is 31.9 Å². The predicted octanol–water partition coefficient (Wildman–Crippen LogP) is 5.19. The normalized spacial score (nSPS) is 10.8. The highest BCUT2D eigenvalue weighted by atomic mass is 79.9. The molecule has 1 heterocycles. The lowest BCUT2D eigenvalue weighted by Gasteiger charge is -1.98. The molecule has 0 aliphatic carbocycles. The highest BCUT2D eigenvalue weighted by molar-refractivity contribution is 9.11. The summed E-state index contributed by atoms with van der Waals surface area (Å²) >= 11 is 6.77. The number of carbonyl (C=O) groups is 1. The van der Waals surface area contributed by atoms with E-state index >= 15 is 0 Å². The molecule has 1 aromatic heterocycles. The largest absolute Gasteiger partial charge is 0.451 e. The van der Waals surface area contributed by atoms with Crippen molar-refractivity contribution in [2.75, 3.05) is 0 Å². The van der Waals surface area contributed by atoms with Crippen molar-refractivity contribution in [3.05, 3.63) is 68.8 Å². The number of hydrogen-bond donors (Lipinski definition) is 0. The zero-order valence-electron chi connectivity index (χ0n) is 9.69. The van der Waals surface area contributed by atoms with Crippen molar-refractivity contribution < 1.29 is 9.21 Å². The molecule has 4 heteroatoms. The third-order valence-electron chi connectivity index (χ3n) is 2.81. The van der Waals surface area contributed by atoms with Crippen LogP contribution in [-0.2, 0) is 0 Å². The maximum absolute atomic E-state index is 12.3. The first kappa shape index (κ1) is 12.6. The second-order valence-corrected chi connectivity index (χ2v) is 5.88. The summed E-state index contributed by atoms with van der Waals surface area (Å²) in [5.41, 5.74) is 1.30. The van der Waals surface area contributed by atoms with E-state index in [1.807, 2.05) is 30.3 Å². The third-order valence-corrected chi connectivity index (χ3v) is 3.92. The van der Waals surface area contributed by atoms with Crippen LogP contribution in [-0.4, -0.2) is 5.78 Å². The molecule has 94 valence electrons. The van der Waals surface area contributed by atoms with E-state index < -0.39 is 0 Å². The van der Waals surface area contributed by atoms with Crippen LogP contribution in [0.3, 0.4) is 0 Å². The van der Waals surface area contributed by atoms with Gasteiger partial charge in [-0.2, -0.15) is 0 Å². The number of furan rings is 1. The van der Waals surface area contributed by atoms with Gasteiger partial charge in [0, 0.05) is 15.4 Å². The van der Waals surface area contributed by atoms with Crippen molar-refractivity contribution in [2.24, 2.45) is 0 Å². The van der Waals surface area contributed by atoms with E-state index in [4.69, 9.17) is 4.42 Å². The standard InChI is InChI=1S/C15H8Br2O2/c16-11-5-1-3-9(7-11)14(18)13-8-10-4-2-6-12(17)15(10)19-13/h1-8H. The second-order valence-electron chi connectivity index (χ2n) is 4.11. The van der Waals surface area contributed by atoms with Gasteiger partial charge in [0.1, 0.15) is 5.58 Å². The lowest BCUT2D eigenvalue weighted by molar-refractivity contribution is 0.101. The van der Waals surface area contributed by atoms with Gasteiger partial charge in [0.05, 0.1) is 4.47 Å². The molecule has 0 unspecified atom stereocenters. The Labute approximate surface area is 126 Å². The van der Waals surface area contributed by atoms with Gasteiger partial charge >= 0.3 is 0 Å². The van der Waals surface area contributed by atoms with Crippen molar-refractivity contribution in [3.63, 3.8) is 0 Å². The first-order valence-corrected chi connectivity index (χ1v) is 7.22. The van der Waals surface area contributed by atoms with Crippen LogP contribution in [0.4, 0.5) is 0 Å². The molecule has 0 amide bonds. The van der Waals surface area contributed by atoms with Crippen molar-refractivity contribution in [1.82, 2.24) is 0 Å². The smallest absolute Gasteiger partial charge is 0.228 e. The molecule has 0 spiro atoms. The van der Waals surface area contributed by atoms with E-state index in [-0.39, 0.29) is 5.78 Å². The summed E-state index contributed by atoms with van der Waals surface area (Å²) in [6, 6.07) is 14.8. The molecule has 3 aromatic rings. The van der Waals surface area contributed by atoms with E-state index in [1.165, 1.54) is 0 Å². The number of benzene rings is 2. The number of carbonyl (C=O) groups excluding carboxylic acids is 1. The summed E-state index contributed by atoms with van der Waals surface area (Å²) in [5.74, 6) is 0.226. The number of halogens is 2. The molecule has 19 heavy (non-hydrogen) atoms. The predicted molar refractivity (Wildman–Crippen MR) is 81.5 cm³/mol. The highest BCUT2D eigenvalue weighted by Crippen LogP contribution is 2.28. The maximum atomic E-state index is 12.3. The summed E-state index contributed by atoms with van der Waals surface area (Å²) in [7, 11) is 0. The molecule has 0 aliphatic heterocycles. The Morgan fingerprint density at radius 2 is 1.79 bits per heavy atom. The number of para-hydroxylation sites is 1. The molecule has 0 fully saturated rings. The Morgan fingerprint density at radius 3 is 2.53 bits per heavy atom. The lowest BCUT2D eigenvalue weighted by Crippen LogP contribution is -1.98. The van der Waals surface area contributed by atoms with Crippen LogP contribution in [0, 0.1) is 0 Å².